The molecule has 0 saturated carbocycles. The number of aryl methyl sites for hydroxylation is 1. The van der Waals surface area contributed by atoms with Crippen molar-refractivity contribution in [2.75, 3.05) is 0 Å². The second kappa shape index (κ2) is 9.59. The summed E-state index contributed by atoms with van der Waals surface area (Å²) in [6, 6.07) is 15.9. The molecule has 1 heterocycles. The zero-order valence-corrected chi connectivity index (χ0v) is 17.4. The molecule has 0 fully saturated rings. The molecule has 0 spiro atoms. The largest absolute Gasteiger partial charge is 0.478 e. The van der Waals surface area contributed by atoms with Crippen LogP contribution in [-0.2, 0) is 17.8 Å². The predicted molar refractivity (Wildman–Crippen MR) is 119 cm³/mol. The summed E-state index contributed by atoms with van der Waals surface area (Å²) in [6.45, 7) is 2.42. The summed E-state index contributed by atoms with van der Waals surface area (Å²) in [5.74, 6) is -0.274. The van der Waals surface area contributed by atoms with Gasteiger partial charge in [-0.05, 0) is 28.8 Å². The average Bonchev–Trinajstić information content (AvgIpc) is 3.01. The van der Waals surface area contributed by atoms with Gasteiger partial charge in [-0.15, -0.1) is 0 Å². The minimum absolute atomic E-state index is 0.276. The van der Waals surface area contributed by atoms with Gasteiger partial charge < -0.3 is 9.67 Å². The van der Waals surface area contributed by atoms with E-state index in [0.29, 0.717) is 23.7 Å². The molecule has 0 radical (unpaired) electrons. The van der Waals surface area contributed by atoms with E-state index in [4.69, 9.17) is 28.3 Å². The van der Waals surface area contributed by atoms with Crippen molar-refractivity contribution in [1.29, 1.82) is 0 Å². The smallest absolute Gasteiger partial charge is 0.328 e. The average molecular weight is 427 g/mol. The van der Waals surface area contributed by atoms with E-state index in [-0.39, 0.29) is 5.15 Å². The Hall–Kier alpha value is -2.82. The van der Waals surface area contributed by atoms with Crippen LogP contribution in [0.15, 0.2) is 54.6 Å². The lowest BCUT2D eigenvalue weighted by atomic mass is 10.1. The number of benzene rings is 2. The number of halogens is 2. The number of carboxylic acid groups (broad SMARTS) is 1. The van der Waals surface area contributed by atoms with Crippen molar-refractivity contribution >= 4 is 47.4 Å². The maximum absolute atomic E-state index is 10.9. The van der Waals surface area contributed by atoms with E-state index in [1.807, 2.05) is 72.2 Å². The highest BCUT2D eigenvalue weighted by molar-refractivity contribution is 6.31. The van der Waals surface area contributed by atoms with Gasteiger partial charge in [0.25, 0.3) is 0 Å². The molecule has 1 aromatic heterocycles. The van der Waals surface area contributed by atoms with Gasteiger partial charge >= 0.3 is 5.97 Å². The van der Waals surface area contributed by atoms with Crippen LogP contribution in [0.25, 0.3) is 18.2 Å². The topological polar surface area (TPSA) is 55.1 Å². The van der Waals surface area contributed by atoms with E-state index >= 15 is 0 Å². The molecule has 3 rings (SSSR count). The molecule has 148 valence electrons. The minimum Gasteiger partial charge on any atom is -0.478 e. The fourth-order valence-electron chi connectivity index (χ4n) is 2.96. The monoisotopic (exact) mass is 426 g/mol. The third kappa shape index (κ3) is 5.37. The van der Waals surface area contributed by atoms with Crippen molar-refractivity contribution in [2.45, 2.75) is 19.9 Å². The van der Waals surface area contributed by atoms with Gasteiger partial charge in [0.2, 0.25) is 0 Å². The number of imidazole rings is 1. The standard InChI is InChI=1S/C23H20Cl2N2O2/c1-2-21-26-23(25)20(12-13-22(28)29)27(21)15-18-11-10-17(14-19(18)24)9-8-16-6-4-3-5-7-16/h3-14H,2,15H2,1H3,(H,28,29)/b9-8?,13-12+. The van der Waals surface area contributed by atoms with Crippen molar-refractivity contribution < 1.29 is 9.90 Å². The Labute approximate surface area is 179 Å². The maximum Gasteiger partial charge on any atom is 0.328 e. The summed E-state index contributed by atoms with van der Waals surface area (Å²) in [7, 11) is 0. The molecule has 4 nitrogen and oxygen atoms in total. The number of aromatic nitrogens is 2. The lowest BCUT2D eigenvalue weighted by molar-refractivity contribution is -0.131. The van der Waals surface area contributed by atoms with Gasteiger partial charge in [0, 0.05) is 17.5 Å². The van der Waals surface area contributed by atoms with Gasteiger partial charge in [0.05, 0.1) is 12.2 Å². The van der Waals surface area contributed by atoms with Crippen LogP contribution in [0.3, 0.4) is 0 Å². The Morgan fingerprint density at radius 1 is 1.07 bits per heavy atom. The molecule has 0 unspecified atom stereocenters. The minimum atomic E-state index is -1.04. The summed E-state index contributed by atoms with van der Waals surface area (Å²) in [4.78, 5) is 15.2. The van der Waals surface area contributed by atoms with E-state index in [2.05, 4.69) is 4.98 Å². The summed E-state index contributed by atoms with van der Waals surface area (Å²) in [5, 5.41) is 9.83. The third-order valence-corrected chi connectivity index (χ3v) is 5.04. The first kappa shape index (κ1) is 20.9. The zero-order chi connectivity index (χ0) is 20.8. The number of hydrogen-bond acceptors (Lipinski definition) is 2. The Morgan fingerprint density at radius 3 is 2.45 bits per heavy atom. The Balaban J connectivity index is 1.87. The SMILES string of the molecule is CCc1nc(Cl)c(/C=C/C(=O)O)n1Cc1ccc(C=Cc2ccccc2)cc1Cl. The van der Waals surface area contributed by atoms with Crippen LogP contribution >= 0.6 is 23.2 Å². The molecule has 1 N–H and O–H groups in total. The molecular formula is C23H20Cl2N2O2. The first-order chi connectivity index (χ1) is 14.0. The Kier molecular flexibility index (Phi) is 6.91. The van der Waals surface area contributed by atoms with Gasteiger partial charge in [-0.1, -0.05) is 84.7 Å². The third-order valence-electron chi connectivity index (χ3n) is 4.41. The molecule has 2 aromatic carbocycles. The predicted octanol–water partition coefficient (Wildman–Crippen LogP) is 6.07. The van der Waals surface area contributed by atoms with Crippen LogP contribution in [0, 0.1) is 0 Å². The zero-order valence-electron chi connectivity index (χ0n) is 15.8. The molecule has 0 bridgehead atoms. The fraction of sp³-hybridized carbons (Fsp3) is 0.130. The molecule has 6 heteroatoms. The van der Waals surface area contributed by atoms with Crippen LogP contribution in [0.1, 0.15) is 35.1 Å². The highest BCUT2D eigenvalue weighted by Crippen LogP contribution is 2.25. The highest BCUT2D eigenvalue weighted by Gasteiger charge is 2.14. The van der Waals surface area contributed by atoms with Crippen molar-refractivity contribution in [2.24, 2.45) is 0 Å². The Bertz CT molecular complexity index is 1070. The normalized spacial score (nSPS) is 11.6. The van der Waals surface area contributed by atoms with Gasteiger partial charge in [-0.2, -0.15) is 0 Å². The lowest BCUT2D eigenvalue weighted by Gasteiger charge is -2.11. The van der Waals surface area contributed by atoms with E-state index in [1.54, 1.807) is 0 Å². The number of aliphatic carboxylic acids is 1. The Morgan fingerprint density at radius 2 is 1.79 bits per heavy atom. The van der Waals surface area contributed by atoms with Crippen molar-refractivity contribution in [1.82, 2.24) is 9.55 Å². The van der Waals surface area contributed by atoms with Gasteiger partial charge in [-0.25, -0.2) is 9.78 Å². The summed E-state index contributed by atoms with van der Waals surface area (Å²) in [6.07, 6.45) is 7.22. The van der Waals surface area contributed by atoms with E-state index < -0.39 is 5.97 Å². The first-order valence-electron chi connectivity index (χ1n) is 9.15. The molecule has 0 aliphatic heterocycles. The van der Waals surface area contributed by atoms with Crippen LogP contribution < -0.4 is 0 Å². The second-order valence-electron chi connectivity index (χ2n) is 6.41. The van der Waals surface area contributed by atoms with Gasteiger partial charge in [0.1, 0.15) is 5.82 Å². The van der Waals surface area contributed by atoms with E-state index in [9.17, 15) is 4.79 Å². The molecule has 0 atom stereocenters. The molecular weight excluding hydrogens is 407 g/mol. The number of hydrogen-bond donors (Lipinski definition) is 1. The van der Waals surface area contributed by atoms with Crippen LogP contribution in [0.2, 0.25) is 10.2 Å². The van der Waals surface area contributed by atoms with Crippen molar-refractivity contribution in [3.8, 4) is 0 Å². The number of nitrogens with zero attached hydrogens (tertiary/aromatic N) is 2. The molecule has 0 aliphatic carbocycles. The molecule has 3 aromatic rings. The number of rotatable bonds is 7. The highest BCUT2D eigenvalue weighted by atomic mass is 35.5. The number of carboxylic acids is 1. The van der Waals surface area contributed by atoms with Crippen molar-refractivity contribution in [3.63, 3.8) is 0 Å². The summed E-state index contributed by atoms with van der Waals surface area (Å²) < 4.78 is 1.89. The summed E-state index contributed by atoms with van der Waals surface area (Å²) >= 11 is 12.8. The van der Waals surface area contributed by atoms with Crippen LogP contribution in [0.5, 0.6) is 0 Å². The lowest BCUT2D eigenvalue weighted by Crippen LogP contribution is -2.07. The fourth-order valence-corrected chi connectivity index (χ4v) is 3.47. The van der Waals surface area contributed by atoms with E-state index in [1.165, 1.54) is 6.08 Å². The van der Waals surface area contributed by atoms with Crippen LogP contribution in [0.4, 0.5) is 0 Å². The van der Waals surface area contributed by atoms with Crippen molar-refractivity contribution in [3.05, 3.63) is 93.0 Å². The second-order valence-corrected chi connectivity index (χ2v) is 7.18. The molecule has 0 amide bonds. The summed E-state index contributed by atoms with van der Waals surface area (Å²) in [5.41, 5.74) is 3.56. The number of carbonyl (C=O) groups is 1. The molecule has 0 aliphatic rings. The van der Waals surface area contributed by atoms with E-state index in [0.717, 1.165) is 28.6 Å². The first-order valence-corrected chi connectivity index (χ1v) is 9.91. The molecule has 0 saturated heterocycles. The maximum atomic E-state index is 10.9. The van der Waals surface area contributed by atoms with Crippen LogP contribution in [-0.4, -0.2) is 20.6 Å². The van der Waals surface area contributed by atoms with Gasteiger partial charge in [0.15, 0.2) is 5.15 Å². The molecule has 29 heavy (non-hydrogen) atoms. The van der Waals surface area contributed by atoms with Gasteiger partial charge in [-0.3, -0.25) is 0 Å². The quantitative estimate of drug-likeness (QED) is 0.368.